The topological polar surface area (TPSA) is 9.23 Å². The van der Waals surface area contributed by atoms with E-state index in [-0.39, 0.29) is 0 Å². The normalized spacial score (nSPS) is 28.9. The third-order valence-corrected chi connectivity index (χ3v) is 7.10. The molecule has 28 heavy (non-hydrogen) atoms. The molecule has 0 radical (unpaired) electrons. The Kier molecular flexibility index (Phi) is 8.86. The summed E-state index contributed by atoms with van der Waals surface area (Å²) in [7, 11) is 0. The highest BCUT2D eigenvalue weighted by atomic mass is 16.5. The Bertz CT molecular complexity index is 596. The molecule has 0 bridgehead atoms. The smallest absolute Gasteiger partial charge is 0.0717 e. The lowest BCUT2D eigenvalue weighted by atomic mass is 9.68. The zero-order valence-corrected chi connectivity index (χ0v) is 18.1. The van der Waals surface area contributed by atoms with Crippen LogP contribution in [0.2, 0.25) is 0 Å². The predicted molar refractivity (Wildman–Crippen MR) is 120 cm³/mol. The summed E-state index contributed by atoms with van der Waals surface area (Å²) in [5, 5.41) is 0. The summed E-state index contributed by atoms with van der Waals surface area (Å²) < 4.78 is 5.76. The first-order chi connectivity index (χ1) is 13.8. The third kappa shape index (κ3) is 6.34. The SMILES string of the molecule is CC=CCCOCc1ccc(C2CCC(C3CCC(/C=C/C)CC3)CC2)cc1. The fourth-order valence-corrected chi connectivity index (χ4v) is 5.40. The number of benzene rings is 1. The van der Waals surface area contributed by atoms with Gasteiger partial charge in [0.05, 0.1) is 13.2 Å². The van der Waals surface area contributed by atoms with Crippen molar-refractivity contribution < 1.29 is 4.74 Å². The second-order valence-electron chi connectivity index (χ2n) is 8.96. The van der Waals surface area contributed by atoms with Gasteiger partial charge < -0.3 is 4.74 Å². The fraction of sp³-hybridized carbons (Fsp3) is 0.630. The zero-order valence-electron chi connectivity index (χ0n) is 18.1. The van der Waals surface area contributed by atoms with Gasteiger partial charge in [-0.15, -0.1) is 0 Å². The number of allylic oxidation sites excluding steroid dienone is 3. The van der Waals surface area contributed by atoms with E-state index in [0.717, 1.165) is 43.3 Å². The average Bonchev–Trinajstić information content (AvgIpc) is 2.75. The molecular weight excluding hydrogens is 340 g/mol. The zero-order chi connectivity index (χ0) is 19.6. The molecule has 1 nitrogen and oxygen atoms in total. The first kappa shape index (κ1) is 21.4. The van der Waals surface area contributed by atoms with E-state index < -0.39 is 0 Å². The molecule has 1 aromatic rings. The van der Waals surface area contributed by atoms with E-state index in [1.165, 1.54) is 56.9 Å². The second-order valence-corrected chi connectivity index (χ2v) is 8.96. The molecule has 0 atom stereocenters. The summed E-state index contributed by atoms with van der Waals surface area (Å²) in [5.74, 6) is 3.64. The molecule has 0 aliphatic heterocycles. The average molecular weight is 381 g/mol. The van der Waals surface area contributed by atoms with Crippen LogP contribution in [0.15, 0.2) is 48.6 Å². The molecule has 0 aromatic heterocycles. The molecule has 0 heterocycles. The number of ether oxygens (including phenoxy) is 1. The largest absolute Gasteiger partial charge is 0.376 e. The van der Waals surface area contributed by atoms with Crippen molar-refractivity contribution >= 4 is 0 Å². The molecule has 0 N–H and O–H groups in total. The summed E-state index contributed by atoms with van der Waals surface area (Å²) in [6, 6.07) is 9.27. The van der Waals surface area contributed by atoms with Gasteiger partial charge in [-0.2, -0.15) is 0 Å². The van der Waals surface area contributed by atoms with E-state index in [1.807, 2.05) is 0 Å². The minimum absolute atomic E-state index is 0.737. The Morgan fingerprint density at radius 3 is 2.07 bits per heavy atom. The molecule has 0 amide bonds. The van der Waals surface area contributed by atoms with E-state index in [9.17, 15) is 0 Å². The molecule has 3 rings (SSSR count). The lowest BCUT2D eigenvalue weighted by molar-refractivity contribution is 0.125. The van der Waals surface area contributed by atoms with Gasteiger partial charge in [0.1, 0.15) is 0 Å². The Balaban J connectivity index is 1.40. The van der Waals surface area contributed by atoms with Gasteiger partial charge in [0.15, 0.2) is 0 Å². The van der Waals surface area contributed by atoms with Crippen molar-refractivity contribution in [2.45, 2.75) is 84.2 Å². The maximum atomic E-state index is 5.76. The minimum atomic E-state index is 0.737. The van der Waals surface area contributed by atoms with Gasteiger partial charge in [-0.1, -0.05) is 48.6 Å². The quantitative estimate of drug-likeness (QED) is 0.330. The number of hydrogen-bond acceptors (Lipinski definition) is 1. The maximum Gasteiger partial charge on any atom is 0.0717 e. The highest BCUT2D eigenvalue weighted by Crippen LogP contribution is 2.44. The van der Waals surface area contributed by atoms with Crippen LogP contribution < -0.4 is 0 Å². The fourth-order valence-electron chi connectivity index (χ4n) is 5.40. The van der Waals surface area contributed by atoms with Gasteiger partial charge in [-0.25, -0.2) is 0 Å². The first-order valence-electron chi connectivity index (χ1n) is 11.7. The van der Waals surface area contributed by atoms with Gasteiger partial charge >= 0.3 is 0 Å². The second kappa shape index (κ2) is 11.6. The van der Waals surface area contributed by atoms with Crippen LogP contribution in [0.3, 0.4) is 0 Å². The summed E-state index contributed by atoms with van der Waals surface area (Å²) in [4.78, 5) is 0. The van der Waals surface area contributed by atoms with Crippen molar-refractivity contribution in [3.8, 4) is 0 Å². The lowest BCUT2D eigenvalue weighted by Crippen LogP contribution is -2.25. The Labute approximate surface area is 173 Å². The van der Waals surface area contributed by atoms with Gasteiger partial charge in [-0.05, 0) is 106 Å². The maximum absolute atomic E-state index is 5.76. The molecule has 0 unspecified atom stereocenters. The van der Waals surface area contributed by atoms with Crippen LogP contribution in [-0.4, -0.2) is 6.61 Å². The van der Waals surface area contributed by atoms with Crippen molar-refractivity contribution in [3.05, 3.63) is 59.7 Å². The van der Waals surface area contributed by atoms with Crippen LogP contribution in [0, 0.1) is 17.8 Å². The van der Waals surface area contributed by atoms with Gasteiger partial charge in [0.25, 0.3) is 0 Å². The van der Waals surface area contributed by atoms with Gasteiger partial charge in [0.2, 0.25) is 0 Å². The van der Waals surface area contributed by atoms with Crippen molar-refractivity contribution in [1.82, 2.24) is 0 Å². The first-order valence-corrected chi connectivity index (χ1v) is 11.7. The van der Waals surface area contributed by atoms with Crippen molar-refractivity contribution in [3.63, 3.8) is 0 Å². The monoisotopic (exact) mass is 380 g/mol. The van der Waals surface area contributed by atoms with E-state index in [1.54, 1.807) is 5.56 Å². The lowest BCUT2D eigenvalue weighted by Gasteiger charge is -2.37. The van der Waals surface area contributed by atoms with E-state index in [2.05, 4.69) is 62.4 Å². The van der Waals surface area contributed by atoms with Crippen LogP contribution in [0.5, 0.6) is 0 Å². The van der Waals surface area contributed by atoms with Crippen molar-refractivity contribution in [2.75, 3.05) is 6.61 Å². The standard InChI is InChI=1S/C27H40O/c1-3-5-6-20-28-21-23-10-14-25(15-11-23)27-18-16-26(17-19-27)24-12-8-22(7-4-2)9-13-24/h3-5,7,10-11,14-15,22,24,26-27H,6,8-9,12-13,16-21H2,1-2H3/b5-3?,7-4+. The number of hydrogen-bond donors (Lipinski definition) is 0. The Morgan fingerprint density at radius 2 is 1.46 bits per heavy atom. The van der Waals surface area contributed by atoms with Crippen LogP contribution in [0.25, 0.3) is 0 Å². The molecule has 2 aliphatic rings. The summed E-state index contributed by atoms with van der Waals surface area (Å²) in [6.45, 7) is 5.77. The van der Waals surface area contributed by atoms with Crippen LogP contribution >= 0.6 is 0 Å². The molecular formula is C27H40O. The summed E-state index contributed by atoms with van der Waals surface area (Å²) in [6.07, 6.45) is 21.4. The molecule has 154 valence electrons. The molecule has 2 aliphatic carbocycles. The predicted octanol–water partition coefficient (Wildman–Crippen LogP) is 7.83. The summed E-state index contributed by atoms with van der Waals surface area (Å²) in [5.41, 5.74) is 2.85. The summed E-state index contributed by atoms with van der Waals surface area (Å²) >= 11 is 0. The molecule has 2 saturated carbocycles. The van der Waals surface area contributed by atoms with Crippen molar-refractivity contribution in [1.29, 1.82) is 0 Å². The number of rotatable bonds is 8. The van der Waals surface area contributed by atoms with E-state index in [4.69, 9.17) is 4.74 Å². The Hall–Kier alpha value is -1.34. The van der Waals surface area contributed by atoms with Crippen LogP contribution in [-0.2, 0) is 11.3 Å². The third-order valence-electron chi connectivity index (χ3n) is 7.10. The Morgan fingerprint density at radius 1 is 0.821 bits per heavy atom. The van der Waals surface area contributed by atoms with Crippen molar-refractivity contribution in [2.24, 2.45) is 17.8 Å². The van der Waals surface area contributed by atoms with E-state index >= 15 is 0 Å². The molecule has 1 heteroatoms. The molecule has 1 aromatic carbocycles. The molecule has 2 fully saturated rings. The van der Waals surface area contributed by atoms with Crippen LogP contribution in [0.4, 0.5) is 0 Å². The van der Waals surface area contributed by atoms with E-state index in [0.29, 0.717) is 0 Å². The highest BCUT2D eigenvalue weighted by Gasteiger charge is 2.30. The van der Waals surface area contributed by atoms with Gasteiger partial charge in [0, 0.05) is 0 Å². The highest BCUT2D eigenvalue weighted by molar-refractivity contribution is 5.25. The molecule has 0 spiro atoms. The van der Waals surface area contributed by atoms with Gasteiger partial charge in [-0.3, -0.25) is 0 Å². The molecule has 0 saturated heterocycles. The van der Waals surface area contributed by atoms with Crippen LogP contribution in [0.1, 0.15) is 88.7 Å². The minimum Gasteiger partial charge on any atom is -0.376 e.